The first-order chi connectivity index (χ1) is 8.83. The van der Waals surface area contributed by atoms with E-state index in [2.05, 4.69) is 80.0 Å². The predicted octanol–water partition coefficient (Wildman–Crippen LogP) is 5.63. The molecule has 0 aromatic heterocycles. The monoisotopic (exact) mass is 297 g/mol. The van der Waals surface area contributed by atoms with Gasteiger partial charge in [-0.25, -0.2) is 0 Å². The summed E-state index contributed by atoms with van der Waals surface area (Å²) in [7, 11) is -1.47. The van der Waals surface area contributed by atoms with Crippen LogP contribution in [0.3, 0.4) is 0 Å². The van der Waals surface area contributed by atoms with E-state index in [-0.39, 0.29) is 5.54 Å². The molecule has 1 fully saturated rings. The molecule has 1 rings (SSSR count). The Labute approximate surface area is 129 Å². The zero-order chi connectivity index (χ0) is 16.0. The SMILES string of the molecule is CC1C(C)C(C)C([Si](C)(C)N(C(C)C)C(C)(C)C)C1C. The molecule has 2 heteroatoms. The molecule has 0 N–H and O–H groups in total. The lowest BCUT2D eigenvalue weighted by atomic mass is 9.92. The van der Waals surface area contributed by atoms with Crippen LogP contribution in [-0.2, 0) is 0 Å². The van der Waals surface area contributed by atoms with Crippen molar-refractivity contribution in [2.75, 3.05) is 0 Å². The molecule has 120 valence electrons. The van der Waals surface area contributed by atoms with Crippen LogP contribution in [0.4, 0.5) is 0 Å². The van der Waals surface area contributed by atoms with Crippen LogP contribution in [0.1, 0.15) is 62.3 Å². The predicted molar refractivity (Wildman–Crippen MR) is 94.6 cm³/mol. The standard InChI is InChI=1S/C18H39NSi/c1-12(2)19(18(7,8)9)20(10,11)17-15(5)13(3)14(4)16(17)6/h12-17H,1-11H3. The van der Waals surface area contributed by atoms with Gasteiger partial charge in [-0.2, -0.15) is 0 Å². The van der Waals surface area contributed by atoms with Crippen LogP contribution in [-0.4, -0.2) is 24.4 Å². The molecule has 0 bridgehead atoms. The van der Waals surface area contributed by atoms with E-state index in [9.17, 15) is 0 Å². The fourth-order valence-electron chi connectivity index (χ4n) is 5.84. The largest absolute Gasteiger partial charge is 0.317 e. The van der Waals surface area contributed by atoms with Gasteiger partial charge in [-0.1, -0.05) is 54.6 Å². The van der Waals surface area contributed by atoms with Gasteiger partial charge in [0.05, 0.1) is 0 Å². The third-order valence-corrected chi connectivity index (χ3v) is 11.4. The van der Waals surface area contributed by atoms with Gasteiger partial charge in [-0.05, 0) is 56.0 Å². The summed E-state index contributed by atoms with van der Waals surface area (Å²) in [6.45, 7) is 27.2. The Morgan fingerprint density at radius 1 is 0.800 bits per heavy atom. The van der Waals surface area contributed by atoms with Crippen LogP contribution in [0, 0.1) is 23.7 Å². The zero-order valence-corrected chi connectivity index (χ0v) is 16.9. The molecule has 0 saturated heterocycles. The van der Waals surface area contributed by atoms with Gasteiger partial charge in [-0.3, -0.25) is 0 Å². The van der Waals surface area contributed by atoms with Crippen molar-refractivity contribution in [3.05, 3.63) is 0 Å². The van der Waals surface area contributed by atoms with Gasteiger partial charge in [0.15, 0.2) is 0 Å². The van der Waals surface area contributed by atoms with Gasteiger partial charge in [-0.15, -0.1) is 0 Å². The lowest BCUT2D eigenvalue weighted by molar-refractivity contribution is 0.188. The Hall–Kier alpha value is 0.177. The van der Waals surface area contributed by atoms with E-state index >= 15 is 0 Å². The fourth-order valence-corrected chi connectivity index (χ4v) is 12.4. The average Bonchev–Trinajstić information content (AvgIpc) is 2.39. The lowest BCUT2D eigenvalue weighted by Crippen LogP contribution is -2.63. The third kappa shape index (κ3) is 3.01. The van der Waals surface area contributed by atoms with Crippen molar-refractivity contribution >= 4 is 8.24 Å². The van der Waals surface area contributed by atoms with Gasteiger partial charge < -0.3 is 4.57 Å². The molecule has 20 heavy (non-hydrogen) atoms. The summed E-state index contributed by atoms with van der Waals surface area (Å²) in [5, 5.41) is 0. The highest BCUT2D eigenvalue weighted by Gasteiger charge is 2.53. The maximum absolute atomic E-state index is 2.89. The van der Waals surface area contributed by atoms with E-state index in [0.29, 0.717) is 6.04 Å². The van der Waals surface area contributed by atoms with E-state index in [0.717, 1.165) is 29.2 Å². The maximum Gasteiger partial charge on any atom is 0.126 e. The first-order valence-electron chi connectivity index (χ1n) is 8.62. The molecule has 0 heterocycles. The van der Waals surface area contributed by atoms with Gasteiger partial charge in [0.1, 0.15) is 8.24 Å². The van der Waals surface area contributed by atoms with E-state index < -0.39 is 8.24 Å². The summed E-state index contributed by atoms with van der Waals surface area (Å²) in [4.78, 5) is 0. The quantitative estimate of drug-likeness (QED) is 0.610. The first kappa shape index (κ1) is 18.2. The van der Waals surface area contributed by atoms with Crippen molar-refractivity contribution in [3.63, 3.8) is 0 Å². The minimum absolute atomic E-state index is 0.276. The highest BCUT2D eigenvalue weighted by molar-refractivity contribution is 6.76. The van der Waals surface area contributed by atoms with E-state index in [1.807, 2.05) is 0 Å². The third-order valence-electron chi connectivity index (χ3n) is 6.30. The van der Waals surface area contributed by atoms with Crippen LogP contribution >= 0.6 is 0 Å². The maximum atomic E-state index is 2.89. The molecule has 4 atom stereocenters. The summed E-state index contributed by atoms with van der Waals surface area (Å²) in [5.41, 5.74) is 1.19. The highest BCUT2D eigenvalue weighted by Crippen LogP contribution is 2.55. The zero-order valence-electron chi connectivity index (χ0n) is 15.9. The molecule has 0 aromatic rings. The average molecular weight is 298 g/mol. The number of hydrogen-bond acceptors (Lipinski definition) is 1. The number of rotatable bonds is 3. The second-order valence-electron chi connectivity index (χ2n) is 9.25. The van der Waals surface area contributed by atoms with Crippen molar-refractivity contribution in [1.29, 1.82) is 0 Å². The van der Waals surface area contributed by atoms with Gasteiger partial charge >= 0.3 is 0 Å². The summed E-state index contributed by atoms with van der Waals surface area (Å²) in [5.74, 6) is 3.47. The van der Waals surface area contributed by atoms with Crippen LogP contribution in [0.25, 0.3) is 0 Å². The normalized spacial score (nSPS) is 36.1. The van der Waals surface area contributed by atoms with Crippen LogP contribution in [0.2, 0.25) is 18.6 Å². The number of nitrogens with zero attached hydrogens (tertiary/aromatic N) is 1. The van der Waals surface area contributed by atoms with E-state index in [1.165, 1.54) is 0 Å². The van der Waals surface area contributed by atoms with Gasteiger partial charge in [0.25, 0.3) is 0 Å². The lowest BCUT2D eigenvalue weighted by Gasteiger charge is -2.53. The molecule has 0 spiro atoms. The molecule has 1 saturated carbocycles. The molecule has 1 aliphatic carbocycles. The molecular weight excluding hydrogens is 258 g/mol. The van der Waals surface area contributed by atoms with Crippen molar-refractivity contribution in [2.24, 2.45) is 23.7 Å². The first-order valence-corrected chi connectivity index (χ1v) is 11.6. The second-order valence-corrected chi connectivity index (χ2v) is 13.7. The molecule has 4 unspecified atom stereocenters. The van der Waals surface area contributed by atoms with Gasteiger partial charge in [0.2, 0.25) is 0 Å². The van der Waals surface area contributed by atoms with E-state index in [1.54, 1.807) is 0 Å². The van der Waals surface area contributed by atoms with Crippen molar-refractivity contribution in [2.45, 2.75) is 92.5 Å². The molecule has 0 aromatic carbocycles. The minimum atomic E-state index is -1.47. The smallest absolute Gasteiger partial charge is 0.126 e. The van der Waals surface area contributed by atoms with E-state index in [4.69, 9.17) is 0 Å². The van der Waals surface area contributed by atoms with Crippen molar-refractivity contribution in [3.8, 4) is 0 Å². The second kappa shape index (κ2) is 5.76. The van der Waals surface area contributed by atoms with Crippen LogP contribution < -0.4 is 0 Å². The van der Waals surface area contributed by atoms with Crippen LogP contribution in [0.15, 0.2) is 0 Å². The molecule has 0 radical (unpaired) electrons. The highest BCUT2D eigenvalue weighted by atomic mass is 28.3. The fraction of sp³-hybridized carbons (Fsp3) is 1.00. The molecule has 0 amide bonds. The Bertz CT molecular complexity index is 315. The molecular formula is C18H39NSi. The Morgan fingerprint density at radius 3 is 1.40 bits per heavy atom. The van der Waals surface area contributed by atoms with Gasteiger partial charge in [0, 0.05) is 5.54 Å². The molecule has 1 aliphatic rings. The molecule has 0 aliphatic heterocycles. The van der Waals surface area contributed by atoms with Crippen molar-refractivity contribution < 1.29 is 0 Å². The topological polar surface area (TPSA) is 3.24 Å². The van der Waals surface area contributed by atoms with Crippen LogP contribution in [0.5, 0.6) is 0 Å². The summed E-state index contributed by atoms with van der Waals surface area (Å²) in [6, 6.07) is 0.641. The summed E-state index contributed by atoms with van der Waals surface area (Å²) < 4.78 is 2.89. The minimum Gasteiger partial charge on any atom is -0.317 e. The van der Waals surface area contributed by atoms with Crippen molar-refractivity contribution in [1.82, 2.24) is 4.57 Å². The summed E-state index contributed by atoms with van der Waals surface area (Å²) >= 11 is 0. The number of hydrogen-bond donors (Lipinski definition) is 0. The summed E-state index contributed by atoms with van der Waals surface area (Å²) in [6.07, 6.45) is 0. The molecule has 1 nitrogen and oxygen atoms in total. The Balaban J connectivity index is 3.20. The Morgan fingerprint density at radius 2 is 1.15 bits per heavy atom. The Kier molecular flexibility index (Phi) is 5.25.